The van der Waals surface area contributed by atoms with E-state index in [1.54, 1.807) is 24.5 Å². The molecular weight excluding hydrogens is 445 g/mol. The van der Waals surface area contributed by atoms with Gasteiger partial charge in [-0.2, -0.15) is 18.3 Å². The minimum Gasteiger partial charge on any atom is -0.484 e. The van der Waals surface area contributed by atoms with E-state index in [1.807, 2.05) is 36.4 Å². The van der Waals surface area contributed by atoms with Crippen LogP contribution in [0.4, 0.5) is 13.2 Å². The summed E-state index contributed by atoms with van der Waals surface area (Å²) in [4.78, 5) is 17.1. The third-order valence-corrected chi connectivity index (χ3v) is 4.98. The summed E-state index contributed by atoms with van der Waals surface area (Å²) in [5.41, 5.74) is 2.98. The van der Waals surface area contributed by atoms with E-state index in [2.05, 4.69) is 25.0 Å². The highest BCUT2D eigenvalue weighted by molar-refractivity contribution is 5.78. The maximum atomic E-state index is 12.9. The van der Waals surface area contributed by atoms with Crippen LogP contribution in [0.25, 0.3) is 33.5 Å². The molecule has 0 bridgehead atoms. The van der Waals surface area contributed by atoms with Gasteiger partial charge in [-0.15, -0.1) is 0 Å². The van der Waals surface area contributed by atoms with Crippen molar-refractivity contribution in [2.24, 2.45) is 0 Å². The van der Waals surface area contributed by atoms with Gasteiger partial charge in [0.15, 0.2) is 11.6 Å². The number of benzene rings is 1. The van der Waals surface area contributed by atoms with Crippen LogP contribution in [0.2, 0.25) is 0 Å². The molecule has 0 saturated carbocycles. The molecule has 170 valence electrons. The fraction of sp³-hybridized carbons (Fsp3) is 0.125. The van der Waals surface area contributed by atoms with Gasteiger partial charge in [-0.1, -0.05) is 24.3 Å². The number of pyridine rings is 2. The van der Waals surface area contributed by atoms with Gasteiger partial charge in [-0.05, 0) is 29.8 Å². The molecule has 4 aromatic heterocycles. The number of nitrogens with zero attached hydrogens (tertiary/aromatic N) is 6. The van der Waals surface area contributed by atoms with Crippen molar-refractivity contribution >= 4 is 10.9 Å². The predicted molar refractivity (Wildman–Crippen MR) is 119 cm³/mol. The Balaban J connectivity index is 1.37. The summed E-state index contributed by atoms with van der Waals surface area (Å²) < 4.78 is 45.4. The smallest absolute Gasteiger partial charge is 0.408 e. The van der Waals surface area contributed by atoms with E-state index in [1.165, 1.54) is 18.6 Å². The van der Waals surface area contributed by atoms with E-state index in [4.69, 9.17) is 4.74 Å². The molecule has 0 N–H and O–H groups in total. The molecule has 0 fully saturated rings. The lowest BCUT2D eigenvalue weighted by Gasteiger charge is -2.07. The second-order valence-electron chi connectivity index (χ2n) is 7.47. The van der Waals surface area contributed by atoms with Gasteiger partial charge in [0.1, 0.15) is 18.8 Å². The summed E-state index contributed by atoms with van der Waals surface area (Å²) in [7, 11) is 0. The first kappa shape index (κ1) is 21.5. The van der Waals surface area contributed by atoms with Crippen LogP contribution in [-0.2, 0) is 13.2 Å². The standard InChI is InChI=1S/C24H17F3N6O/c25-24(26,27)15-33-13-20(16-7-9-28-10-8-16)22(32-33)23-29-11-19(12-30-23)34-14-18-6-5-17-3-1-2-4-21(17)31-18/h1-13H,14-15H2. The van der Waals surface area contributed by atoms with Gasteiger partial charge in [0.2, 0.25) is 0 Å². The number of rotatable bonds is 6. The van der Waals surface area contributed by atoms with Crippen LogP contribution in [0.15, 0.2) is 79.5 Å². The SMILES string of the molecule is FC(F)(F)Cn1cc(-c2ccncc2)c(-c2ncc(OCc3ccc4ccccc4n3)cn2)n1. The lowest BCUT2D eigenvalue weighted by Crippen LogP contribution is -2.18. The summed E-state index contributed by atoms with van der Waals surface area (Å²) in [6.45, 7) is -0.999. The molecule has 0 spiro atoms. The second kappa shape index (κ2) is 8.89. The second-order valence-corrected chi connectivity index (χ2v) is 7.47. The molecule has 0 radical (unpaired) electrons. The summed E-state index contributed by atoms with van der Waals surface area (Å²) >= 11 is 0. The van der Waals surface area contributed by atoms with Gasteiger partial charge in [-0.25, -0.2) is 15.0 Å². The molecule has 0 amide bonds. The average molecular weight is 462 g/mol. The average Bonchev–Trinajstić information content (AvgIpc) is 3.25. The van der Waals surface area contributed by atoms with E-state index in [9.17, 15) is 13.2 Å². The summed E-state index contributed by atoms with van der Waals surface area (Å²) in [5, 5.41) is 5.13. The highest BCUT2D eigenvalue weighted by Crippen LogP contribution is 2.30. The van der Waals surface area contributed by atoms with Crippen LogP contribution >= 0.6 is 0 Å². The highest BCUT2D eigenvalue weighted by atomic mass is 19.4. The molecule has 34 heavy (non-hydrogen) atoms. The number of ether oxygens (including phenoxy) is 1. The maximum Gasteiger partial charge on any atom is 0.408 e. The Hall–Kier alpha value is -4.34. The number of hydrogen-bond acceptors (Lipinski definition) is 6. The van der Waals surface area contributed by atoms with Crippen LogP contribution in [0.3, 0.4) is 0 Å². The normalized spacial score (nSPS) is 11.6. The quantitative estimate of drug-likeness (QED) is 0.350. The Morgan fingerprint density at radius 1 is 0.912 bits per heavy atom. The minimum absolute atomic E-state index is 0.184. The van der Waals surface area contributed by atoms with E-state index in [-0.39, 0.29) is 18.1 Å². The zero-order chi connectivity index (χ0) is 23.5. The number of aromatic nitrogens is 6. The Bertz CT molecular complexity index is 1420. The number of halogens is 3. The monoisotopic (exact) mass is 462 g/mol. The number of para-hydroxylation sites is 1. The van der Waals surface area contributed by atoms with Gasteiger partial charge < -0.3 is 4.74 Å². The summed E-state index contributed by atoms with van der Waals surface area (Å²) in [5.74, 6) is 0.586. The minimum atomic E-state index is -4.41. The molecule has 7 nitrogen and oxygen atoms in total. The topological polar surface area (TPSA) is 78.6 Å². The van der Waals surface area contributed by atoms with E-state index < -0.39 is 12.7 Å². The molecule has 0 aliphatic rings. The van der Waals surface area contributed by atoms with Crippen LogP contribution in [-0.4, -0.2) is 35.9 Å². The van der Waals surface area contributed by atoms with Gasteiger partial charge in [-0.3, -0.25) is 9.67 Å². The Kier molecular flexibility index (Phi) is 5.62. The molecule has 0 unspecified atom stereocenters. The highest BCUT2D eigenvalue weighted by Gasteiger charge is 2.29. The van der Waals surface area contributed by atoms with Crippen molar-refractivity contribution in [3.8, 4) is 28.4 Å². The maximum absolute atomic E-state index is 12.9. The summed E-state index contributed by atoms with van der Waals surface area (Å²) in [6.07, 6.45) is 2.95. The van der Waals surface area contributed by atoms with Crippen molar-refractivity contribution in [2.45, 2.75) is 19.3 Å². The van der Waals surface area contributed by atoms with E-state index in [0.29, 0.717) is 16.9 Å². The lowest BCUT2D eigenvalue weighted by molar-refractivity contribution is -0.142. The van der Waals surface area contributed by atoms with Gasteiger partial charge >= 0.3 is 6.18 Å². The molecular formula is C24H17F3N6O. The molecule has 1 aromatic carbocycles. The largest absolute Gasteiger partial charge is 0.484 e. The Labute approximate surface area is 191 Å². The van der Waals surface area contributed by atoms with Crippen LogP contribution < -0.4 is 4.74 Å². The molecule has 0 saturated heterocycles. The van der Waals surface area contributed by atoms with Crippen molar-refractivity contribution in [3.63, 3.8) is 0 Å². The number of fused-ring (bicyclic) bond motifs is 1. The molecule has 5 rings (SSSR count). The van der Waals surface area contributed by atoms with Gasteiger partial charge in [0, 0.05) is 29.5 Å². The van der Waals surface area contributed by atoms with Crippen molar-refractivity contribution in [1.82, 2.24) is 29.7 Å². The number of hydrogen-bond donors (Lipinski definition) is 0. The zero-order valence-electron chi connectivity index (χ0n) is 17.6. The zero-order valence-corrected chi connectivity index (χ0v) is 17.6. The molecule has 0 atom stereocenters. The van der Waals surface area contributed by atoms with E-state index >= 15 is 0 Å². The third kappa shape index (κ3) is 4.85. The fourth-order valence-corrected chi connectivity index (χ4v) is 3.45. The Morgan fingerprint density at radius 2 is 1.68 bits per heavy atom. The van der Waals surface area contributed by atoms with Gasteiger partial charge in [0.05, 0.1) is 23.6 Å². The predicted octanol–water partition coefficient (Wildman–Crippen LogP) is 5.09. The van der Waals surface area contributed by atoms with Crippen molar-refractivity contribution in [2.75, 3.05) is 0 Å². The Morgan fingerprint density at radius 3 is 2.44 bits per heavy atom. The molecule has 0 aliphatic heterocycles. The van der Waals surface area contributed by atoms with Gasteiger partial charge in [0.25, 0.3) is 0 Å². The van der Waals surface area contributed by atoms with Crippen LogP contribution in [0, 0.1) is 0 Å². The fourth-order valence-electron chi connectivity index (χ4n) is 3.45. The first-order valence-electron chi connectivity index (χ1n) is 10.3. The molecule has 0 aliphatic carbocycles. The lowest BCUT2D eigenvalue weighted by atomic mass is 10.1. The molecule has 5 aromatic rings. The number of alkyl halides is 3. The third-order valence-electron chi connectivity index (χ3n) is 4.98. The molecule has 10 heteroatoms. The van der Waals surface area contributed by atoms with Crippen LogP contribution in [0.1, 0.15) is 5.69 Å². The van der Waals surface area contributed by atoms with E-state index in [0.717, 1.165) is 21.3 Å². The first-order valence-corrected chi connectivity index (χ1v) is 10.3. The van der Waals surface area contributed by atoms with Crippen molar-refractivity contribution in [3.05, 3.63) is 85.2 Å². The van der Waals surface area contributed by atoms with Crippen molar-refractivity contribution < 1.29 is 17.9 Å². The molecule has 4 heterocycles. The van der Waals surface area contributed by atoms with Crippen LogP contribution in [0.5, 0.6) is 5.75 Å². The summed E-state index contributed by atoms with van der Waals surface area (Å²) in [6, 6.07) is 15.0. The van der Waals surface area contributed by atoms with Crippen molar-refractivity contribution in [1.29, 1.82) is 0 Å². The first-order chi connectivity index (χ1) is 16.4.